The lowest BCUT2D eigenvalue weighted by Gasteiger charge is -2.11. The van der Waals surface area contributed by atoms with Crippen molar-refractivity contribution >= 4 is 17.6 Å². The number of benzene rings is 1. The zero-order valence-electron chi connectivity index (χ0n) is 18.0. The number of aromatic nitrogens is 2. The number of hydrogen-bond acceptors (Lipinski definition) is 6. The summed E-state index contributed by atoms with van der Waals surface area (Å²) in [5.41, 5.74) is 0.703. The Morgan fingerprint density at radius 1 is 1.28 bits per heavy atom. The maximum atomic E-state index is 13.2. The number of nitrogens with zero attached hydrogens (tertiary/aromatic N) is 3. The lowest BCUT2D eigenvalue weighted by atomic mass is 10.1. The van der Waals surface area contributed by atoms with Crippen LogP contribution in [0.15, 0.2) is 59.0 Å². The van der Waals surface area contributed by atoms with E-state index in [9.17, 15) is 14.9 Å². The third kappa shape index (κ3) is 5.59. The van der Waals surface area contributed by atoms with Crippen LogP contribution in [0.5, 0.6) is 11.6 Å². The fourth-order valence-corrected chi connectivity index (χ4v) is 2.98. The van der Waals surface area contributed by atoms with E-state index in [1.807, 2.05) is 32.0 Å². The molecule has 0 aliphatic heterocycles. The summed E-state index contributed by atoms with van der Waals surface area (Å²) in [6, 6.07) is 14.3. The number of fused-ring (bicyclic) bond motifs is 1. The molecule has 1 amide bonds. The molecule has 0 radical (unpaired) electrons. The van der Waals surface area contributed by atoms with Crippen molar-refractivity contribution in [1.29, 1.82) is 5.26 Å². The third-order valence-electron chi connectivity index (χ3n) is 4.55. The molecule has 1 N–H and O–H groups in total. The van der Waals surface area contributed by atoms with Crippen LogP contribution in [0.4, 0.5) is 0 Å². The molecule has 0 saturated carbocycles. The van der Waals surface area contributed by atoms with Crippen molar-refractivity contribution < 1.29 is 14.3 Å². The highest BCUT2D eigenvalue weighted by Gasteiger charge is 2.17. The number of hydrogen-bond donors (Lipinski definition) is 1. The minimum Gasteiger partial charge on any atom is -0.438 e. The summed E-state index contributed by atoms with van der Waals surface area (Å²) < 4.78 is 12.5. The summed E-state index contributed by atoms with van der Waals surface area (Å²) in [7, 11) is 0. The summed E-state index contributed by atoms with van der Waals surface area (Å²) >= 11 is 0. The number of amides is 1. The van der Waals surface area contributed by atoms with Gasteiger partial charge in [0, 0.05) is 26.0 Å². The Labute approximate surface area is 185 Å². The number of carbonyl (C=O) groups excluding carboxylic acids is 1. The molecular formula is C24H24N4O4. The van der Waals surface area contributed by atoms with Gasteiger partial charge in [0.2, 0.25) is 5.88 Å². The van der Waals surface area contributed by atoms with E-state index >= 15 is 0 Å². The Balaban J connectivity index is 1.99. The van der Waals surface area contributed by atoms with Gasteiger partial charge >= 0.3 is 0 Å². The van der Waals surface area contributed by atoms with Crippen LogP contribution in [0.3, 0.4) is 0 Å². The van der Waals surface area contributed by atoms with Crippen LogP contribution in [0.2, 0.25) is 0 Å². The van der Waals surface area contributed by atoms with Gasteiger partial charge in [-0.15, -0.1) is 0 Å². The molecule has 0 saturated heterocycles. The molecule has 164 valence electrons. The van der Waals surface area contributed by atoms with Gasteiger partial charge in [0.15, 0.2) is 0 Å². The standard InChI is InChI=1S/C24H24N4O4/c1-3-31-13-7-11-26-22(29)18(16-25)15-20-23(32-19-9-6-8-17(2)14-19)27-21-10-4-5-12-28(21)24(20)30/h4-6,8-10,12,14-15H,3,7,11,13H2,1-2H3,(H,26,29). The van der Waals surface area contributed by atoms with Crippen LogP contribution in [-0.4, -0.2) is 35.1 Å². The van der Waals surface area contributed by atoms with E-state index in [2.05, 4.69) is 10.3 Å². The molecule has 8 nitrogen and oxygen atoms in total. The van der Waals surface area contributed by atoms with Crippen molar-refractivity contribution in [2.45, 2.75) is 20.3 Å². The molecule has 3 aromatic rings. The van der Waals surface area contributed by atoms with Crippen molar-refractivity contribution in [3.8, 4) is 17.7 Å². The van der Waals surface area contributed by atoms with Crippen molar-refractivity contribution in [3.05, 3.63) is 75.7 Å². The van der Waals surface area contributed by atoms with Crippen LogP contribution < -0.4 is 15.6 Å². The quantitative estimate of drug-likeness (QED) is 0.316. The van der Waals surface area contributed by atoms with Crippen LogP contribution in [0.1, 0.15) is 24.5 Å². The Morgan fingerprint density at radius 2 is 2.12 bits per heavy atom. The molecule has 2 heterocycles. The molecule has 0 atom stereocenters. The molecular weight excluding hydrogens is 408 g/mol. The van der Waals surface area contributed by atoms with E-state index in [-0.39, 0.29) is 17.0 Å². The highest BCUT2D eigenvalue weighted by molar-refractivity contribution is 6.01. The van der Waals surface area contributed by atoms with E-state index in [0.29, 0.717) is 37.6 Å². The third-order valence-corrected chi connectivity index (χ3v) is 4.55. The molecule has 0 fully saturated rings. The van der Waals surface area contributed by atoms with Gasteiger partial charge < -0.3 is 14.8 Å². The van der Waals surface area contributed by atoms with Crippen LogP contribution in [-0.2, 0) is 9.53 Å². The lowest BCUT2D eigenvalue weighted by molar-refractivity contribution is -0.117. The Morgan fingerprint density at radius 3 is 2.88 bits per heavy atom. The van der Waals surface area contributed by atoms with E-state index < -0.39 is 11.5 Å². The predicted molar refractivity (Wildman–Crippen MR) is 120 cm³/mol. The number of carbonyl (C=O) groups is 1. The first-order valence-corrected chi connectivity index (χ1v) is 10.3. The average molecular weight is 432 g/mol. The summed E-state index contributed by atoms with van der Waals surface area (Å²) in [6.45, 7) is 5.26. The SMILES string of the molecule is CCOCCCNC(=O)C(C#N)=Cc1c(Oc2cccc(C)c2)nc2ccccn2c1=O. The second kappa shape index (κ2) is 10.9. The maximum absolute atomic E-state index is 13.2. The number of ether oxygens (including phenoxy) is 2. The number of pyridine rings is 1. The number of nitrogens with one attached hydrogen (secondary N) is 1. The van der Waals surface area contributed by atoms with Gasteiger partial charge in [0.1, 0.15) is 28.6 Å². The molecule has 1 aromatic carbocycles. The van der Waals surface area contributed by atoms with E-state index in [1.54, 1.807) is 36.5 Å². The molecule has 0 bridgehead atoms. The van der Waals surface area contributed by atoms with E-state index in [1.165, 1.54) is 10.5 Å². The fourth-order valence-electron chi connectivity index (χ4n) is 2.98. The first kappa shape index (κ1) is 22.7. The number of nitriles is 1. The maximum Gasteiger partial charge on any atom is 0.269 e. The lowest BCUT2D eigenvalue weighted by Crippen LogP contribution is -2.27. The highest BCUT2D eigenvalue weighted by atomic mass is 16.5. The van der Waals surface area contributed by atoms with Gasteiger partial charge in [0.25, 0.3) is 11.5 Å². The van der Waals surface area contributed by atoms with E-state index in [4.69, 9.17) is 9.47 Å². The predicted octanol–water partition coefficient (Wildman–Crippen LogP) is 3.25. The van der Waals surface area contributed by atoms with Gasteiger partial charge in [-0.25, -0.2) is 0 Å². The van der Waals surface area contributed by atoms with Crippen molar-refractivity contribution in [1.82, 2.24) is 14.7 Å². The summed E-state index contributed by atoms with van der Waals surface area (Å²) in [5.74, 6) is -0.0718. The molecule has 32 heavy (non-hydrogen) atoms. The first-order chi connectivity index (χ1) is 15.5. The monoisotopic (exact) mass is 432 g/mol. The topological polar surface area (TPSA) is 106 Å². The van der Waals surface area contributed by atoms with Crippen LogP contribution >= 0.6 is 0 Å². The first-order valence-electron chi connectivity index (χ1n) is 10.3. The van der Waals surface area contributed by atoms with Gasteiger partial charge in [-0.1, -0.05) is 18.2 Å². The van der Waals surface area contributed by atoms with Crippen molar-refractivity contribution in [2.75, 3.05) is 19.8 Å². The van der Waals surface area contributed by atoms with Gasteiger partial charge in [-0.3, -0.25) is 14.0 Å². The Bertz CT molecular complexity index is 1240. The van der Waals surface area contributed by atoms with Crippen LogP contribution in [0.25, 0.3) is 11.7 Å². The summed E-state index contributed by atoms with van der Waals surface area (Å²) in [4.78, 5) is 30.1. The minimum atomic E-state index is -0.580. The number of rotatable bonds is 9. The Kier molecular flexibility index (Phi) is 7.73. The highest BCUT2D eigenvalue weighted by Crippen LogP contribution is 2.24. The smallest absolute Gasteiger partial charge is 0.269 e. The minimum absolute atomic E-state index is 0.0104. The molecule has 2 aromatic heterocycles. The molecule has 3 rings (SSSR count). The summed E-state index contributed by atoms with van der Waals surface area (Å²) in [6.07, 6.45) is 3.40. The molecule has 0 spiro atoms. The molecule has 0 aliphatic carbocycles. The van der Waals surface area contributed by atoms with Crippen LogP contribution in [0, 0.1) is 18.3 Å². The van der Waals surface area contributed by atoms with Gasteiger partial charge in [-0.05, 0) is 56.2 Å². The molecule has 8 heteroatoms. The Hall–Kier alpha value is -3.96. The van der Waals surface area contributed by atoms with E-state index in [0.717, 1.165) is 5.56 Å². The fraction of sp³-hybridized carbons (Fsp3) is 0.250. The normalized spacial score (nSPS) is 11.2. The number of aryl methyl sites for hydroxylation is 1. The zero-order chi connectivity index (χ0) is 22.9. The van der Waals surface area contributed by atoms with Gasteiger partial charge in [-0.2, -0.15) is 10.2 Å². The summed E-state index contributed by atoms with van der Waals surface area (Å²) in [5, 5.41) is 12.2. The molecule has 0 aliphatic rings. The largest absolute Gasteiger partial charge is 0.438 e. The zero-order valence-corrected chi connectivity index (χ0v) is 18.0. The van der Waals surface area contributed by atoms with Crippen molar-refractivity contribution in [3.63, 3.8) is 0 Å². The van der Waals surface area contributed by atoms with Crippen molar-refractivity contribution in [2.24, 2.45) is 0 Å². The second-order valence-corrected chi connectivity index (χ2v) is 6.96. The second-order valence-electron chi connectivity index (χ2n) is 6.96. The van der Waals surface area contributed by atoms with Gasteiger partial charge in [0.05, 0.1) is 0 Å². The molecule has 0 unspecified atom stereocenters. The average Bonchev–Trinajstić information content (AvgIpc) is 2.79.